The smallest absolute Gasteiger partial charge is 0.744 e. The van der Waals surface area contributed by atoms with Gasteiger partial charge < -0.3 is 15.2 Å². The number of rotatable bonds is 12. The fourth-order valence-corrected chi connectivity index (χ4v) is 3.81. The summed E-state index contributed by atoms with van der Waals surface area (Å²) in [6.45, 7) is 2.25. The molecule has 0 amide bonds. The van der Waals surface area contributed by atoms with Gasteiger partial charge >= 0.3 is 29.6 Å². The molecule has 0 saturated heterocycles. The molecule has 1 unspecified atom stereocenters. The third-order valence-electron chi connectivity index (χ3n) is 4.79. The van der Waals surface area contributed by atoms with Crippen LogP contribution in [0.2, 0.25) is 0 Å². The van der Waals surface area contributed by atoms with Crippen molar-refractivity contribution in [2.24, 2.45) is 0 Å². The van der Waals surface area contributed by atoms with Crippen molar-refractivity contribution in [3.63, 3.8) is 0 Å². The number of hydrogen-bond donors (Lipinski definition) is 2. The average molecular weight is 391 g/mol. The minimum absolute atomic E-state index is 0. The van der Waals surface area contributed by atoms with Crippen LogP contribution < -0.4 is 40.2 Å². The first-order valence-electron chi connectivity index (χ1n) is 9.63. The molecule has 7 heteroatoms. The summed E-state index contributed by atoms with van der Waals surface area (Å²) in [5.41, 5.74) is 1.57. The predicted octanol–water partition coefficient (Wildman–Crippen LogP) is 2.07. The van der Waals surface area contributed by atoms with Crippen molar-refractivity contribution in [1.82, 2.24) is 0 Å². The van der Waals surface area contributed by atoms with E-state index in [1.54, 1.807) is 6.07 Å². The monoisotopic (exact) mass is 390 g/mol. The molecule has 0 radical (unpaired) electrons. The molecule has 2 rings (SSSR count). The largest absolute Gasteiger partial charge is 1.00 e. The molecule has 26 heavy (non-hydrogen) atoms. The first-order valence-corrected chi connectivity index (χ1v) is 11.0. The van der Waals surface area contributed by atoms with E-state index in [0.29, 0.717) is 5.69 Å². The molecule has 142 valence electrons. The van der Waals surface area contributed by atoms with Gasteiger partial charge in [0.15, 0.2) is 0 Å². The molecule has 0 aromatic heterocycles. The summed E-state index contributed by atoms with van der Waals surface area (Å²) in [6, 6.07) is 4.44. The third kappa shape index (κ3) is 8.17. The SMILES string of the molecule is CCCCCCCCCCCCC1Nc2ccc(S(=O)(=O)[O-])cc2N1.[Na+]. The van der Waals surface area contributed by atoms with E-state index in [2.05, 4.69) is 17.6 Å². The Bertz CT molecular complexity index is 638. The van der Waals surface area contributed by atoms with E-state index in [1.165, 1.54) is 69.9 Å². The molecule has 1 atom stereocenters. The maximum Gasteiger partial charge on any atom is 1.00 e. The van der Waals surface area contributed by atoms with Crippen molar-refractivity contribution in [3.8, 4) is 0 Å². The summed E-state index contributed by atoms with van der Waals surface area (Å²) in [6.07, 6.45) is 14.2. The van der Waals surface area contributed by atoms with Crippen LogP contribution in [0.15, 0.2) is 23.1 Å². The van der Waals surface area contributed by atoms with Crippen LogP contribution in [0.5, 0.6) is 0 Å². The van der Waals surface area contributed by atoms with Gasteiger partial charge in [-0.1, -0.05) is 64.7 Å². The molecular weight excluding hydrogens is 359 g/mol. The number of unbranched alkanes of at least 4 members (excludes halogenated alkanes) is 9. The Morgan fingerprint density at radius 3 is 2.00 bits per heavy atom. The molecule has 1 aliphatic heterocycles. The zero-order valence-electron chi connectivity index (χ0n) is 16.2. The molecule has 2 N–H and O–H groups in total. The first-order chi connectivity index (χ1) is 12.0. The summed E-state index contributed by atoms with van der Waals surface area (Å²) in [5, 5.41) is 6.60. The maximum atomic E-state index is 11.1. The van der Waals surface area contributed by atoms with Gasteiger partial charge in [-0.25, -0.2) is 8.42 Å². The van der Waals surface area contributed by atoms with Gasteiger partial charge in [-0.2, -0.15) is 0 Å². The first kappa shape index (κ1) is 23.8. The van der Waals surface area contributed by atoms with Gasteiger partial charge in [0.05, 0.1) is 22.4 Å². The quantitative estimate of drug-likeness (QED) is 0.324. The number of anilines is 2. The van der Waals surface area contributed by atoms with E-state index in [-0.39, 0.29) is 40.6 Å². The molecule has 1 aromatic rings. The van der Waals surface area contributed by atoms with Crippen LogP contribution in [0.3, 0.4) is 0 Å². The fraction of sp³-hybridized carbons (Fsp3) is 0.684. The van der Waals surface area contributed by atoms with E-state index < -0.39 is 10.1 Å². The third-order valence-corrected chi connectivity index (χ3v) is 5.62. The molecule has 1 heterocycles. The average Bonchev–Trinajstić information content (AvgIpc) is 2.97. The van der Waals surface area contributed by atoms with Crippen molar-refractivity contribution in [2.45, 2.75) is 88.6 Å². The van der Waals surface area contributed by atoms with Crippen molar-refractivity contribution in [1.29, 1.82) is 0 Å². The molecular formula is C19H31N2NaO3S. The minimum atomic E-state index is -4.40. The van der Waals surface area contributed by atoms with Crippen LogP contribution in [-0.4, -0.2) is 19.1 Å². The van der Waals surface area contributed by atoms with Crippen molar-refractivity contribution in [3.05, 3.63) is 18.2 Å². The number of nitrogens with one attached hydrogen (secondary N) is 2. The normalized spacial score (nSPS) is 15.7. The van der Waals surface area contributed by atoms with Crippen molar-refractivity contribution < 1.29 is 42.5 Å². The number of fused-ring (bicyclic) bond motifs is 1. The van der Waals surface area contributed by atoms with Crippen LogP contribution in [0.1, 0.15) is 77.6 Å². The van der Waals surface area contributed by atoms with E-state index in [9.17, 15) is 13.0 Å². The van der Waals surface area contributed by atoms with E-state index in [1.807, 2.05) is 0 Å². The zero-order chi connectivity index (χ0) is 18.1. The van der Waals surface area contributed by atoms with Gasteiger partial charge in [-0.15, -0.1) is 0 Å². The Balaban J connectivity index is 0.00000338. The second kappa shape index (κ2) is 12.2. The van der Waals surface area contributed by atoms with E-state index in [0.717, 1.165) is 18.5 Å². The van der Waals surface area contributed by atoms with E-state index >= 15 is 0 Å². The Kier molecular flexibility index (Phi) is 11.2. The summed E-state index contributed by atoms with van der Waals surface area (Å²) in [7, 11) is -4.40. The molecule has 1 aromatic carbocycles. The summed E-state index contributed by atoms with van der Waals surface area (Å²) in [5.74, 6) is 0. The van der Waals surface area contributed by atoms with Crippen LogP contribution in [0, 0.1) is 0 Å². The summed E-state index contributed by atoms with van der Waals surface area (Å²) < 4.78 is 33.2. The van der Waals surface area contributed by atoms with Gasteiger partial charge in [0.25, 0.3) is 0 Å². The van der Waals surface area contributed by atoms with Crippen LogP contribution in [-0.2, 0) is 10.1 Å². The molecule has 1 aliphatic rings. The minimum Gasteiger partial charge on any atom is -0.744 e. The number of hydrogen-bond acceptors (Lipinski definition) is 5. The molecule has 0 fully saturated rings. The van der Waals surface area contributed by atoms with Gasteiger partial charge in [0.2, 0.25) is 0 Å². The second-order valence-corrected chi connectivity index (χ2v) is 8.35. The fourth-order valence-electron chi connectivity index (χ4n) is 3.32. The van der Waals surface area contributed by atoms with E-state index in [4.69, 9.17) is 0 Å². The second-order valence-electron chi connectivity index (χ2n) is 6.97. The van der Waals surface area contributed by atoms with Crippen LogP contribution in [0.25, 0.3) is 0 Å². The molecule has 0 aliphatic carbocycles. The van der Waals surface area contributed by atoms with Gasteiger partial charge in [0.1, 0.15) is 10.1 Å². The maximum absolute atomic E-state index is 11.1. The summed E-state index contributed by atoms with van der Waals surface area (Å²) in [4.78, 5) is -0.180. The van der Waals surface area contributed by atoms with Crippen LogP contribution in [0.4, 0.5) is 11.4 Å². The van der Waals surface area contributed by atoms with Gasteiger partial charge in [-0.05, 0) is 31.0 Å². The van der Waals surface area contributed by atoms with Gasteiger partial charge in [0, 0.05) is 0 Å². The zero-order valence-corrected chi connectivity index (χ0v) is 19.0. The molecule has 0 spiro atoms. The Morgan fingerprint density at radius 1 is 0.885 bits per heavy atom. The van der Waals surface area contributed by atoms with Crippen molar-refractivity contribution in [2.75, 3.05) is 10.6 Å². The molecule has 0 saturated carbocycles. The van der Waals surface area contributed by atoms with Crippen LogP contribution >= 0.6 is 0 Å². The topological polar surface area (TPSA) is 81.3 Å². The van der Waals surface area contributed by atoms with Crippen molar-refractivity contribution >= 4 is 21.5 Å². The number of benzene rings is 1. The molecule has 0 bridgehead atoms. The Hall–Kier alpha value is -0.270. The Labute approximate surface area is 180 Å². The summed E-state index contributed by atoms with van der Waals surface area (Å²) >= 11 is 0. The standard InChI is InChI=1S/C19H32N2O3S.Na/c1-2-3-4-5-6-7-8-9-10-11-12-19-20-17-14-13-16(25(22,23)24)15-18(17)21-19;/h13-15,19-21H,2-12H2,1H3,(H,22,23,24);/q;+1/p-1. The van der Waals surface area contributed by atoms with Gasteiger partial charge in [-0.3, -0.25) is 0 Å². The predicted molar refractivity (Wildman–Crippen MR) is 102 cm³/mol. The molecule has 5 nitrogen and oxygen atoms in total. The Morgan fingerprint density at radius 2 is 1.42 bits per heavy atom.